The third-order valence-corrected chi connectivity index (χ3v) is 3.06. The molecule has 0 spiro atoms. The summed E-state index contributed by atoms with van der Waals surface area (Å²) in [7, 11) is 1.73. The van der Waals surface area contributed by atoms with E-state index in [0.717, 1.165) is 38.2 Å². The van der Waals surface area contributed by atoms with Crippen LogP contribution in [-0.2, 0) is 6.42 Å². The van der Waals surface area contributed by atoms with Crippen molar-refractivity contribution in [2.45, 2.75) is 32.6 Å². The Morgan fingerprint density at radius 3 is 2.67 bits per heavy atom. The van der Waals surface area contributed by atoms with E-state index < -0.39 is 0 Å². The van der Waals surface area contributed by atoms with Gasteiger partial charge in [-0.15, -0.1) is 0 Å². The monoisotopic (exact) mass is 250 g/mol. The lowest BCUT2D eigenvalue weighted by molar-refractivity contribution is 0.407. The van der Waals surface area contributed by atoms with Crippen LogP contribution in [0.25, 0.3) is 0 Å². The molecule has 0 heterocycles. The van der Waals surface area contributed by atoms with Gasteiger partial charge >= 0.3 is 0 Å². The first-order valence-corrected chi connectivity index (χ1v) is 6.76. The summed E-state index contributed by atoms with van der Waals surface area (Å²) in [5.74, 6) is 1.48. The molecule has 0 aliphatic carbocycles. The van der Waals surface area contributed by atoms with Crippen molar-refractivity contribution in [1.29, 1.82) is 0 Å². The number of hydrogen-bond acceptors (Lipinski definition) is 3. The van der Waals surface area contributed by atoms with Crippen molar-refractivity contribution < 1.29 is 4.74 Å². The lowest BCUT2D eigenvalue weighted by Crippen LogP contribution is -2.20. The van der Waals surface area contributed by atoms with Gasteiger partial charge in [0.05, 0.1) is 7.11 Å². The summed E-state index contributed by atoms with van der Waals surface area (Å²) in [6.45, 7) is 7.16. The molecule has 18 heavy (non-hydrogen) atoms. The highest BCUT2D eigenvalue weighted by Crippen LogP contribution is 2.27. The van der Waals surface area contributed by atoms with Gasteiger partial charge in [-0.3, -0.25) is 0 Å². The van der Waals surface area contributed by atoms with Crippen LogP contribution in [0, 0.1) is 0 Å². The number of methoxy groups -OCH3 is 1. The summed E-state index contributed by atoms with van der Waals surface area (Å²) >= 11 is 0. The van der Waals surface area contributed by atoms with Crippen LogP contribution in [0.15, 0.2) is 18.2 Å². The summed E-state index contributed by atoms with van der Waals surface area (Å²) in [6.07, 6.45) is 2.09. The highest BCUT2D eigenvalue weighted by Gasteiger charge is 2.07. The van der Waals surface area contributed by atoms with Gasteiger partial charge in [0.15, 0.2) is 0 Å². The van der Waals surface area contributed by atoms with Crippen LogP contribution in [0.2, 0.25) is 0 Å². The first kappa shape index (κ1) is 15.0. The average molecular weight is 250 g/mol. The Morgan fingerprint density at radius 2 is 2.06 bits per heavy atom. The standard InChI is InChI=1S/C15H26N2O/c1-12(2)14-11-13(5-6-15(14)18-3)7-10-17-9-4-8-16/h5-6,11-12,17H,4,7-10,16H2,1-3H3. The largest absolute Gasteiger partial charge is 0.496 e. The van der Waals surface area contributed by atoms with E-state index in [1.165, 1.54) is 11.1 Å². The summed E-state index contributed by atoms with van der Waals surface area (Å²) in [5.41, 5.74) is 8.10. The first-order valence-electron chi connectivity index (χ1n) is 6.76. The van der Waals surface area contributed by atoms with Crippen LogP contribution in [0.4, 0.5) is 0 Å². The maximum atomic E-state index is 5.45. The molecule has 0 radical (unpaired) electrons. The quantitative estimate of drug-likeness (QED) is 0.696. The second-order valence-electron chi connectivity index (χ2n) is 4.87. The van der Waals surface area contributed by atoms with Crippen LogP contribution < -0.4 is 15.8 Å². The highest BCUT2D eigenvalue weighted by molar-refractivity contribution is 5.39. The fraction of sp³-hybridized carbons (Fsp3) is 0.600. The van der Waals surface area contributed by atoms with Crippen molar-refractivity contribution in [2.24, 2.45) is 5.73 Å². The number of rotatable bonds is 8. The Bertz CT molecular complexity index is 350. The summed E-state index contributed by atoms with van der Waals surface area (Å²) in [6, 6.07) is 6.48. The lowest BCUT2D eigenvalue weighted by Gasteiger charge is -2.13. The van der Waals surface area contributed by atoms with Gasteiger partial charge in [0.2, 0.25) is 0 Å². The minimum Gasteiger partial charge on any atom is -0.496 e. The molecule has 3 N–H and O–H groups in total. The summed E-state index contributed by atoms with van der Waals surface area (Å²) in [4.78, 5) is 0. The molecule has 0 aromatic heterocycles. The topological polar surface area (TPSA) is 47.3 Å². The number of nitrogens with one attached hydrogen (secondary N) is 1. The number of nitrogens with two attached hydrogens (primary N) is 1. The summed E-state index contributed by atoms with van der Waals surface area (Å²) in [5, 5.41) is 3.40. The molecule has 0 bridgehead atoms. The van der Waals surface area contributed by atoms with Crippen molar-refractivity contribution in [3.63, 3.8) is 0 Å². The fourth-order valence-corrected chi connectivity index (χ4v) is 1.98. The zero-order valence-corrected chi connectivity index (χ0v) is 11.8. The van der Waals surface area contributed by atoms with Crippen molar-refractivity contribution >= 4 is 0 Å². The average Bonchev–Trinajstić information content (AvgIpc) is 2.38. The van der Waals surface area contributed by atoms with E-state index >= 15 is 0 Å². The van der Waals surface area contributed by atoms with E-state index in [-0.39, 0.29) is 0 Å². The van der Waals surface area contributed by atoms with Crippen LogP contribution in [0.1, 0.15) is 37.3 Å². The number of hydrogen-bond donors (Lipinski definition) is 2. The SMILES string of the molecule is COc1ccc(CCNCCCN)cc1C(C)C. The van der Waals surface area contributed by atoms with E-state index in [1.54, 1.807) is 7.11 Å². The lowest BCUT2D eigenvalue weighted by atomic mass is 9.98. The van der Waals surface area contributed by atoms with Crippen molar-refractivity contribution in [3.8, 4) is 5.75 Å². The number of benzene rings is 1. The second-order valence-corrected chi connectivity index (χ2v) is 4.87. The molecule has 0 fully saturated rings. The van der Waals surface area contributed by atoms with E-state index in [1.807, 2.05) is 0 Å². The van der Waals surface area contributed by atoms with Gasteiger partial charge in [-0.2, -0.15) is 0 Å². The smallest absolute Gasteiger partial charge is 0.122 e. The minimum atomic E-state index is 0.491. The maximum absolute atomic E-state index is 5.45. The molecule has 0 aliphatic rings. The van der Waals surface area contributed by atoms with E-state index in [2.05, 4.69) is 37.4 Å². The van der Waals surface area contributed by atoms with Crippen molar-refractivity contribution in [1.82, 2.24) is 5.32 Å². The Labute approximate surface area is 111 Å². The van der Waals surface area contributed by atoms with Gasteiger partial charge in [0.25, 0.3) is 0 Å². The van der Waals surface area contributed by atoms with Crippen LogP contribution in [0.3, 0.4) is 0 Å². The predicted octanol–water partition coefficient (Wildman–Crippen LogP) is 2.30. The molecular weight excluding hydrogens is 224 g/mol. The molecule has 3 heteroatoms. The van der Waals surface area contributed by atoms with E-state index in [0.29, 0.717) is 5.92 Å². The highest BCUT2D eigenvalue weighted by atomic mass is 16.5. The van der Waals surface area contributed by atoms with Gasteiger partial charge in [0.1, 0.15) is 5.75 Å². The van der Waals surface area contributed by atoms with E-state index in [4.69, 9.17) is 10.5 Å². The molecule has 3 nitrogen and oxygen atoms in total. The molecule has 0 saturated heterocycles. The fourth-order valence-electron chi connectivity index (χ4n) is 1.98. The van der Waals surface area contributed by atoms with E-state index in [9.17, 15) is 0 Å². The van der Waals surface area contributed by atoms with Crippen LogP contribution in [0.5, 0.6) is 5.75 Å². The Hall–Kier alpha value is -1.06. The molecule has 1 rings (SSSR count). The van der Waals surface area contributed by atoms with Gasteiger partial charge in [0, 0.05) is 0 Å². The zero-order chi connectivity index (χ0) is 13.4. The Morgan fingerprint density at radius 1 is 1.28 bits per heavy atom. The normalized spacial score (nSPS) is 10.9. The van der Waals surface area contributed by atoms with Gasteiger partial charge in [-0.25, -0.2) is 0 Å². The van der Waals surface area contributed by atoms with Gasteiger partial charge in [-0.1, -0.05) is 26.0 Å². The molecule has 0 saturated carbocycles. The second kappa shape index (κ2) is 8.11. The molecule has 0 atom stereocenters. The molecule has 1 aromatic rings. The first-order chi connectivity index (χ1) is 8.69. The Balaban J connectivity index is 2.53. The molecular formula is C15H26N2O. The molecule has 1 aromatic carbocycles. The third kappa shape index (κ3) is 4.67. The third-order valence-electron chi connectivity index (χ3n) is 3.06. The minimum absolute atomic E-state index is 0.491. The van der Waals surface area contributed by atoms with Gasteiger partial charge in [-0.05, 0) is 55.6 Å². The van der Waals surface area contributed by atoms with Crippen LogP contribution >= 0.6 is 0 Å². The summed E-state index contributed by atoms with van der Waals surface area (Å²) < 4.78 is 5.39. The molecule has 0 unspecified atom stereocenters. The zero-order valence-electron chi connectivity index (χ0n) is 11.8. The maximum Gasteiger partial charge on any atom is 0.122 e. The molecule has 102 valence electrons. The van der Waals surface area contributed by atoms with Crippen molar-refractivity contribution in [2.75, 3.05) is 26.7 Å². The number of ether oxygens (including phenoxy) is 1. The Kier molecular flexibility index (Phi) is 6.76. The van der Waals surface area contributed by atoms with Crippen molar-refractivity contribution in [3.05, 3.63) is 29.3 Å². The molecule has 0 amide bonds. The molecule has 0 aliphatic heterocycles. The predicted molar refractivity (Wildman–Crippen MR) is 77.3 cm³/mol. The van der Waals surface area contributed by atoms with Crippen LogP contribution in [-0.4, -0.2) is 26.7 Å². The van der Waals surface area contributed by atoms with Gasteiger partial charge < -0.3 is 15.8 Å².